The maximum Gasteiger partial charge on any atom is 0.433 e. The van der Waals surface area contributed by atoms with E-state index in [2.05, 4.69) is 4.99 Å². The number of carbonyl (C=O) groups excluding carboxylic acids is 1. The van der Waals surface area contributed by atoms with E-state index in [-0.39, 0.29) is 23.6 Å². The third-order valence-corrected chi connectivity index (χ3v) is 5.54. The molecule has 0 saturated carbocycles. The number of nitrogens with zero attached hydrogens (tertiary/aromatic N) is 3. The van der Waals surface area contributed by atoms with Crippen LogP contribution in [-0.4, -0.2) is 20.9 Å². The van der Waals surface area contributed by atoms with Crippen molar-refractivity contribution in [2.75, 3.05) is 0 Å². The molecule has 0 unspecified atom stereocenters. The van der Waals surface area contributed by atoms with E-state index in [4.69, 9.17) is 4.42 Å². The van der Waals surface area contributed by atoms with Crippen molar-refractivity contribution in [3.63, 3.8) is 0 Å². The van der Waals surface area contributed by atoms with Gasteiger partial charge >= 0.3 is 5.88 Å². The lowest BCUT2D eigenvalue weighted by molar-refractivity contribution is -0.402. The lowest BCUT2D eigenvalue weighted by Crippen LogP contribution is -2.32. The maximum absolute atomic E-state index is 13.2. The number of aliphatic imine (C=N–C) groups is 1. The van der Waals surface area contributed by atoms with E-state index in [0.29, 0.717) is 10.1 Å². The van der Waals surface area contributed by atoms with Crippen molar-refractivity contribution in [2.24, 2.45) is 4.99 Å². The van der Waals surface area contributed by atoms with Gasteiger partial charge in [-0.3, -0.25) is 19.8 Å². The van der Waals surface area contributed by atoms with Crippen LogP contribution < -0.4 is 0 Å². The number of carbonyl (C=O) groups is 1. The monoisotopic (exact) mass is 419 g/mol. The van der Waals surface area contributed by atoms with Gasteiger partial charge in [-0.2, -0.15) is 0 Å². The zero-order valence-electron chi connectivity index (χ0n) is 16.0. The molecule has 0 bridgehead atoms. The van der Waals surface area contributed by atoms with Gasteiger partial charge in [-0.25, -0.2) is 4.99 Å². The summed E-state index contributed by atoms with van der Waals surface area (Å²) in [6, 6.07) is 21.6. The third kappa shape index (κ3) is 4.04. The van der Waals surface area contributed by atoms with E-state index in [9.17, 15) is 14.9 Å². The number of furan rings is 1. The summed E-state index contributed by atoms with van der Waals surface area (Å²) in [5.41, 5.74) is 1.70. The molecule has 2 aromatic carbocycles. The van der Waals surface area contributed by atoms with E-state index in [1.165, 1.54) is 30.0 Å². The van der Waals surface area contributed by atoms with Crippen molar-refractivity contribution in [1.29, 1.82) is 0 Å². The van der Waals surface area contributed by atoms with E-state index < -0.39 is 4.92 Å². The molecular formula is C22H17N3O4S. The summed E-state index contributed by atoms with van der Waals surface area (Å²) < 4.78 is 5.19. The standard InChI is InChI=1S/C22H17N3O4S/c1-15(16-8-4-2-5-9-16)24-21(26)19(14-18-12-13-20(29-18)25(27)28)30-22(24)23-17-10-6-3-7-11-17/h2-15H,1H3/b19-14+,23-22?/t15-/m1/s1. The predicted molar refractivity (Wildman–Crippen MR) is 116 cm³/mol. The number of para-hydroxylation sites is 1. The highest BCUT2D eigenvalue weighted by Crippen LogP contribution is 2.39. The van der Waals surface area contributed by atoms with Crippen LogP contribution in [0.1, 0.15) is 24.3 Å². The smallest absolute Gasteiger partial charge is 0.401 e. The molecule has 0 N–H and O–H groups in total. The molecule has 1 aliphatic rings. The molecule has 1 atom stereocenters. The first-order valence-corrected chi connectivity index (χ1v) is 10.0. The van der Waals surface area contributed by atoms with Crippen LogP contribution in [0, 0.1) is 10.1 Å². The van der Waals surface area contributed by atoms with Crippen LogP contribution in [0.3, 0.4) is 0 Å². The second-order valence-corrected chi connectivity index (χ2v) is 7.54. The highest BCUT2D eigenvalue weighted by molar-refractivity contribution is 8.18. The summed E-state index contributed by atoms with van der Waals surface area (Å²) in [7, 11) is 0. The molecule has 1 aliphatic heterocycles. The molecule has 1 amide bonds. The Kier molecular flexibility index (Phi) is 5.49. The summed E-state index contributed by atoms with van der Waals surface area (Å²) in [6.45, 7) is 1.94. The van der Waals surface area contributed by atoms with Gasteiger partial charge < -0.3 is 4.42 Å². The first kappa shape index (κ1) is 19.7. The average Bonchev–Trinajstić information content (AvgIpc) is 3.34. The molecule has 4 rings (SSSR count). The van der Waals surface area contributed by atoms with Crippen molar-refractivity contribution in [3.05, 3.63) is 99.1 Å². The normalized spacial score (nSPS) is 17.6. The second-order valence-electron chi connectivity index (χ2n) is 6.54. The van der Waals surface area contributed by atoms with Gasteiger partial charge in [0.05, 0.1) is 22.7 Å². The lowest BCUT2D eigenvalue weighted by atomic mass is 10.1. The molecule has 7 nitrogen and oxygen atoms in total. The van der Waals surface area contributed by atoms with Crippen LogP contribution in [-0.2, 0) is 4.79 Å². The van der Waals surface area contributed by atoms with Gasteiger partial charge in [0.25, 0.3) is 5.91 Å². The molecule has 30 heavy (non-hydrogen) atoms. The average molecular weight is 419 g/mol. The maximum atomic E-state index is 13.2. The molecule has 1 saturated heterocycles. The summed E-state index contributed by atoms with van der Waals surface area (Å²) in [6.07, 6.45) is 1.51. The fraction of sp³-hybridized carbons (Fsp3) is 0.0909. The molecule has 150 valence electrons. The minimum atomic E-state index is -0.613. The molecule has 8 heteroatoms. The van der Waals surface area contributed by atoms with Crippen LogP contribution in [0.25, 0.3) is 6.08 Å². The number of nitro groups is 1. The largest absolute Gasteiger partial charge is 0.433 e. The van der Waals surface area contributed by atoms with Gasteiger partial charge in [-0.1, -0.05) is 48.5 Å². The Morgan fingerprint density at radius 3 is 2.37 bits per heavy atom. The van der Waals surface area contributed by atoms with Crippen LogP contribution in [0.15, 0.2) is 87.1 Å². The Hall–Kier alpha value is -3.65. The first-order valence-electron chi connectivity index (χ1n) is 9.19. The predicted octanol–water partition coefficient (Wildman–Crippen LogP) is 5.55. The fourth-order valence-electron chi connectivity index (χ4n) is 3.05. The van der Waals surface area contributed by atoms with E-state index >= 15 is 0 Å². The zero-order chi connectivity index (χ0) is 21.1. The SMILES string of the molecule is C[C@H](c1ccccc1)N1C(=O)/C(=C\c2ccc([N+](=O)[O-])o2)SC1=Nc1ccccc1. The number of amidine groups is 1. The number of benzene rings is 2. The third-order valence-electron chi connectivity index (χ3n) is 4.55. The number of hydrogen-bond donors (Lipinski definition) is 0. The van der Waals surface area contributed by atoms with E-state index in [1.54, 1.807) is 4.90 Å². The van der Waals surface area contributed by atoms with Crippen molar-refractivity contribution in [3.8, 4) is 0 Å². The summed E-state index contributed by atoms with van der Waals surface area (Å²) >= 11 is 1.21. The summed E-state index contributed by atoms with van der Waals surface area (Å²) in [5.74, 6) is -0.360. The Morgan fingerprint density at radius 1 is 1.07 bits per heavy atom. The van der Waals surface area contributed by atoms with Crippen molar-refractivity contribution in [2.45, 2.75) is 13.0 Å². The van der Waals surface area contributed by atoms with Crippen molar-refractivity contribution < 1.29 is 14.1 Å². The van der Waals surface area contributed by atoms with Crippen LogP contribution in [0.4, 0.5) is 11.6 Å². The Balaban J connectivity index is 1.73. The minimum Gasteiger partial charge on any atom is -0.401 e. The zero-order valence-corrected chi connectivity index (χ0v) is 16.8. The van der Waals surface area contributed by atoms with Crippen LogP contribution in [0.5, 0.6) is 0 Å². The Labute approximate surface area is 176 Å². The van der Waals surface area contributed by atoms with Gasteiger partial charge in [-0.05, 0) is 42.4 Å². The Morgan fingerprint density at radius 2 is 1.73 bits per heavy atom. The number of rotatable bonds is 5. The highest BCUT2D eigenvalue weighted by atomic mass is 32.2. The number of amides is 1. The minimum absolute atomic E-state index is 0.231. The summed E-state index contributed by atoms with van der Waals surface area (Å²) in [5, 5.41) is 11.4. The van der Waals surface area contributed by atoms with Gasteiger partial charge in [-0.15, -0.1) is 0 Å². The molecule has 0 aliphatic carbocycles. The van der Waals surface area contributed by atoms with Crippen LogP contribution in [0.2, 0.25) is 0 Å². The van der Waals surface area contributed by atoms with Gasteiger partial charge in [0.2, 0.25) is 0 Å². The highest BCUT2D eigenvalue weighted by Gasteiger charge is 2.37. The second kappa shape index (κ2) is 8.38. The lowest BCUT2D eigenvalue weighted by Gasteiger charge is -2.24. The molecule has 0 radical (unpaired) electrons. The van der Waals surface area contributed by atoms with Crippen molar-refractivity contribution in [1.82, 2.24) is 4.90 Å². The van der Waals surface area contributed by atoms with Crippen LogP contribution >= 0.6 is 11.8 Å². The van der Waals surface area contributed by atoms with Crippen molar-refractivity contribution >= 4 is 40.5 Å². The Bertz CT molecular complexity index is 1140. The topological polar surface area (TPSA) is 89.0 Å². The molecule has 1 fully saturated rings. The summed E-state index contributed by atoms with van der Waals surface area (Å²) in [4.78, 5) is 30.2. The quantitative estimate of drug-likeness (QED) is 0.307. The first-order chi connectivity index (χ1) is 14.5. The van der Waals surface area contributed by atoms with Gasteiger partial charge in [0.15, 0.2) is 5.17 Å². The fourth-order valence-corrected chi connectivity index (χ4v) is 4.09. The molecule has 2 heterocycles. The van der Waals surface area contributed by atoms with Gasteiger partial charge in [0, 0.05) is 6.08 Å². The van der Waals surface area contributed by atoms with E-state index in [1.807, 2.05) is 67.6 Å². The number of thioether (sulfide) groups is 1. The molecule has 0 spiro atoms. The molecule has 1 aromatic heterocycles. The molecule has 3 aromatic rings. The molecular weight excluding hydrogens is 402 g/mol. The number of hydrogen-bond acceptors (Lipinski definition) is 6. The van der Waals surface area contributed by atoms with Gasteiger partial charge in [0.1, 0.15) is 10.7 Å². The van der Waals surface area contributed by atoms with E-state index in [0.717, 1.165) is 11.3 Å².